The van der Waals surface area contributed by atoms with Crippen LogP contribution in [0.15, 0.2) is 24.3 Å². The minimum atomic E-state index is -0.103. The molecule has 0 bridgehead atoms. The van der Waals surface area contributed by atoms with Crippen molar-refractivity contribution in [2.75, 3.05) is 6.61 Å². The zero-order valence-corrected chi connectivity index (χ0v) is 12.1. The molecule has 0 spiro atoms. The Hall–Kier alpha value is -1.02. The van der Waals surface area contributed by atoms with Crippen LogP contribution in [0.5, 0.6) is 5.75 Å². The second-order valence-electron chi connectivity index (χ2n) is 5.74. The van der Waals surface area contributed by atoms with Gasteiger partial charge in [0.05, 0.1) is 12.7 Å². The van der Waals surface area contributed by atoms with E-state index in [2.05, 4.69) is 32.0 Å². The first kappa shape index (κ1) is 14.4. The number of benzene rings is 1. The van der Waals surface area contributed by atoms with E-state index in [1.807, 2.05) is 6.07 Å². The summed E-state index contributed by atoms with van der Waals surface area (Å²) in [5, 5.41) is 9.81. The molecule has 3 atom stereocenters. The summed E-state index contributed by atoms with van der Waals surface area (Å²) in [5.41, 5.74) is 1.30. The van der Waals surface area contributed by atoms with Crippen LogP contribution in [-0.2, 0) is 0 Å². The molecule has 0 heterocycles. The van der Waals surface area contributed by atoms with E-state index in [1.165, 1.54) is 5.56 Å². The van der Waals surface area contributed by atoms with Crippen LogP contribution in [0.4, 0.5) is 0 Å². The molecule has 1 N–H and O–H groups in total. The first-order chi connectivity index (χ1) is 9.22. The maximum absolute atomic E-state index is 9.81. The molecular formula is C17H26O2. The molecule has 19 heavy (non-hydrogen) atoms. The summed E-state index contributed by atoms with van der Waals surface area (Å²) in [6.07, 6.45) is 5.27. The van der Waals surface area contributed by atoms with Crippen molar-refractivity contribution in [2.45, 2.75) is 58.0 Å². The predicted octanol–water partition coefficient (Wildman–Crippen LogP) is 4.13. The lowest BCUT2D eigenvalue weighted by Crippen LogP contribution is -2.16. The Morgan fingerprint density at radius 1 is 1.32 bits per heavy atom. The average molecular weight is 262 g/mol. The van der Waals surface area contributed by atoms with E-state index in [9.17, 15) is 5.11 Å². The molecule has 1 aliphatic carbocycles. The van der Waals surface area contributed by atoms with E-state index < -0.39 is 0 Å². The Balaban J connectivity index is 1.88. The van der Waals surface area contributed by atoms with E-state index in [4.69, 9.17) is 4.74 Å². The van der Waals surface area contributed by atoms with Crippen molar-refractivity contribution < 1.29 is 9.84 Å². The van der Waals surface area contributed by atoms with Gasteiger partial charge in [-0.2, -0.15) is 0 Å². The highest BCUT2D eigenvalue weighted by molar-refractivity contribution is 5.35. The lowest BCUT2D eigenvalue weighted by atomic mass is 9.98. The van der Waals surface area contributed by atoms with Crippen molar-refractivity contribution in [2.24, 2.45) is 5.92 Å². The highest BCUT2D eigenvalue weighted by atomic mass is 16.5. The summed E-state index contributed by atoms with van der Waals surface area (Å²) in [7, 11) is 0. The number of rotatable bonds is 6. The zero-order valence-electron chi connectivity index (χ0n) is 12.1. The normalized spacial score (nSPS) is 24.4. The second kappa shape index (κ2) is 6.95. The summed E-state index contributed by atoms with van der Waals surface area (Å²) in [6, 6.07) is 8.33. The van der Waals surface area contributed by atoms with Gasteiger partial charge in [0, 0.05) is 0 Å². The molecule has 0 aliphatic heterocycles. The van der Waals surface area contributed by atoms with E-state index in [0.717, 1.165) is 44.5 Å². The van der Waals surface area contributed by atoms with Gasteiger partial charge in [-0.15, -0.1) is 0 Å². The Labute approximate surface area is 116 Å². The van der Waals surface area contributed by atoms with Gasteiger partial charge in [-0.25, -0.2) is 0 Å². The van der Waals surface area contributed by atoms with E-state index >= 15 is 0 Å². The van der Waals surface area contributed by atoms with Crippen molar-refractivity contribution in [3.05, 3.63) is 29.8 Å². The largest absolute Gasteiger partial charge is 0.493 e. The molecule has 2 rings (SSSR count). The molecule has 0 aromatic heterocycles. The number of hydrogen-bond donors (Lipinski definition) is 1. The standard InChI is InChI=1S/C17H26O2/c1-3-13(2)15-8-4-5-10-17(15)19-12-11-14-7-6-9-16(14)18/h4-5,8,10,13-14,16,18H,3,6-7,9,11-12H2,1-2H3. The topological polar surface area (TPSA) is 29.5 Å². The third kappa shape index (κ3) is 3.73. The Bertz CT molecular complexity index is 389. The van der Waals surface area contributed by atoms with E-state index in [1.54, 1.807) is 0 Å². The molecule has 1 fully saturated rings. The fourth-order valence-electron chi connectivity index (χ4n) is 2.91. The third-order valence-electron chi connectivity index (χ3n) is 4.43. The smallest absolute Gasteiger partial charge is 0.122 e. The molecule has 106 valence electrons. The molecule has 1 aromatic rings. The lowest BCUT2D eigenvalue weighted by Gasteiger charge is -2.18. The number of aliphatic hydroxyl groups is 1. The highest BCUT2D eigenvalue weighted by Gasteiger charge is 2.24. The van der Waals surface area contributed by atoms with Gasteiger partial charge in [-0.3, -0.25) is 0 Å². The molecule has 1 aliphatic rings. The second-order valence-corrected chi connectivity index (χ2v) is 5.74. The SMILES string of the molecule is CCC(C)c1ccccc1OCCC1CCCC1O. The summed E-state index contributed by atoms with van der Waals surface area (Å²) < 4.78 is 5.96. The van der Waals surface area contributed by atoms with Crippen molar-refractivity contribution >= 4 is 0 Å². The summed E-state index contributed by atoms with van der Waals surface area (Å²) >= 11 is 0. The van der Waals surface area contributed by atoms with Crippen molar-refractivity contribution in [3.63, 3.8) is 0 Å². The number of para-hydroxylation sites is 1. The van der Waals surface area contributed by atoms with Gasteiger partial charge < -0.3 is 9.84 Å². The maximum Gasteiger partial charge on any atom is 0.122 e. The molecule has 2 nitrogen and oxygen atoms in total. The van der Waals surface area contributed by atoms with Crippen LogP contribution in [-0.4, -0.2) is 17.8 Å². The van der Waals surface area contributed by atoms with Crippen molar-refractivity contribution in [1.82, 2.24) is 0 Å². The van der Waals surface area contributed by atoms with E-state index in [-0.39, 0.29) is 6.10 Å². The van der Waals surface area contributed by atoms with Gasteiger partial charge in [-0.05, 0) is 49.1 Å². The fraction of sp³-hybridized carbons (Fsp3) is 0.647. The molecule has 1 saturated carbocycles. The molecule has 0 amide bonds. The van der Waals surface area contributed by atoms with Gasteiger partial charge >= 0.3 is 0 Å². The van der Waals surface area contributed by atoms with Crippen LogP contribution in [0.2, 0.25) is 0 Å². The molecular weight excluding hydrogens is 236 g/mol. The highest BCUT2D eigenvalue weighted by Crippen LogP contribution is 2.31. The summed E-state index contributed by atoms with van der Waals surface area (Å²) in [5.74, 6) is 1.99. The Kier molecular flexibility index (Phi) is 5.26. The maximum atomic E-state index is 9.81. The monoisotopic (exact) mass is 262 g/mol. The number of hydrogen-bond acceptors (Lipinski definition) is 2. The minimum Gasteiger partial charge on any atom is -0.493 e. The van der Waals surface area contributed by atoms with Crippen molar-refractivity contribution in [1.29, 1.82) is 0 Å². The first-order valence-electron chi connectivity index (χ1n) is 7.62. The Morgan fingerprint density at radius 2 is 2.11 bits per heavy atom. The molecule has 3 unspecified atom stereocenters. The number of aliphatic hydroxyl groups excluding tert-OH is 1. The van der Waals surface area contributed by atoms with Crippen LogP contribution in [0.1, 0.15) is 57.4 Å². The van der Waals surface area contributed by atoms with Crippen LogP contribution in [0.3, 0.4) is 0 Å². The van der Waals surface area contributed by atoms with Gasteiger partial charge in [-0.1, -0.05) is 38.5 Å². The van der Waals surface area contributed by atoms with Gasteiger partial charge in [0.1, 0.15) is 5.75 Å². The van der Waals surface area contributed by atoms with Crippen LogP contribution < -0.4 is 4.74 Å². The predicted molar refractivity (Wildman–Crippen MR) is 78.6 cm³/mol. The summed E-state index contributed by atoms with van der Waals surface area (Å²) in [4.78, 5) is 0. The van der Waals surface area contributed by atoms with Crippen LogP contribution >= 0.6 is 0 Å². The molecule has 2 heteroatoms. The van der Waals surface area contributed by atoms with Gasteiger partial charge in [0.2, 0.25) is 0 Å². The first-order valence-corrected chi connectivity index (χ1v) is 7.62. The average Bonchev–Trinajstić information content (AvgIpc) is 2.84. The number of ether oxygens (including phenoxy) is 1. The molecule has 1 aromatic carbocycles. The molecule has 0 saturated heterocycles. The fourth-order valence-corrected chi connectivity index (χ4v) is 2.91. The van der Waals surface area contributed by atoms with Gasteiger partial charge in [0.15, 0.2) is 0 Å². The quantitative estimate of drug-likeness (QED) is 0.835. The third-order valence-corrected chi connectivity index (χ3v) is 4.43. The van der Waals surface area contributed by atoms with E-state index in [0.29, 0.717) is 11.8 Å². The lowest BCUT2D eigenvalue weighted by molar-refractivity contribution is 0.116. The van der Waals surface area contributed by atoms with Gasteiger partial charge in [0.25, 0.3) is 0 Å². The van der Waals surface area contributed by atoms with Crippen LogP contribution in [0.25, 0.3) is 0 Å². The zero-order chi connectivity index (χ0) is 13.7. The van der Waals surface area contributed by atoms with Crippen LogP contribution in [0, 0.1) is 5.92 Å². The molecule has 0 radical (unpaired) electrons. The van der Waals surface area contributed by atoms with Crippen molar-refractivity contribution in [3.8, 4) is 5.75 Å². The summed E-state index contributed by atoms with van der Waals surface area (Å²) in [6.45, 7) is 5.16. The minimum absolute atomic E-state index is 0.103. The Morgan fingerprint density at radius 3 is 2.79 bits per heavy atom.